The van der Waals surface area contributed by atoms with Gasteiger partial charge in [-0.05, 0) is 23.1 Å². The summed E-state index contributed by atoms with van der Waals surface area (Å²) in [5, 5.41) is 1.77. The van der Waals surface area contributed by atoms with E-state index in [1.165, 1.54) is 5.46 Å². The molecule has 0 saturated heterocycles. The molecule has 2 aromatic heterocycles. The van der Waals surface area contributed by atoms with Crippen LogP contribution in [0.1, 0.15) is 34.6 Å². The number of rotatable bonds is 3. The molecule has 0 fully saturated rings. The van der Waals surface area contributed by atoms with E-state index < -0.39 is 0 Å². The lowest BCUT2D eigenvalue weighted by Gasteiger charge is -2.39. The molecule has 0 bridgehead atoms. The number of halogens is 1. The maximum absolute atomic E-state index is 6.02. The molecule has 1 radical (unpaired) electrons. The molecule has 0 saturated carbocycles. The highest BCUT2D eigenvalue weighted by Gasteiger charge is 2.32. The van der Waals surface area contributed by atoms with Crippen molar-refractivity contribution in [3.8, 4) is 0 Å². The van der Waals surface area contributed by atoms with Crippen LogP contribution in [0, 0.1) is 10.8 Å². The van der Waals surface area contributed by atoms with E-state index in [1.54, 1.807) is 6.20 Å². The van der Waals surface area contributed by atoms with E-state index in [0.29, 0.717) is 5.02 Å². The lowest BCUT2D eigenvalue weighted by atomic mass is 9.53. The molecule has 0 spiro atoms. The molecule has 2 nitrogen and oxygen atoms in total. The van der Waals surface area contributed by atoms with E-state index in [1.807, 2.05) is 12.3 Å². The summed E-state index contributed by atoms with van der Waals surface area (Å²) in [5.74, 6) is 0. The predicted octanol–water partition coefficient (Wildman–Crippen LogP) is 4.04. The van der Waals surface area contributed by atoms with E-state index in [2.05, 4.69) is 51.9 Å². The number of pyridine rings is 1. The Kier molecular flexibility index (Phi) is 3.70. The molecule has 2 aromatic rings. The lowest BCUT2D eigenvalue weighted by molar-refractivity contribution is 0.157. The fraction of sp³-hybridized carbons (Fsp3) is 0.533. The first-order valence-corrected chi connectivity index (χ1v) is 7.04. The smallest absolute Gasteiger partial charge is 0.155 e. The lowest BCUT2D eigenvalue weighted by Crippen LogP contribution is -2.32. The zero-order chi connectivity index (χ0) is 14.3. The van der Waals surface area contributed by atoms with Crippen LogP contribution in [0.25, 0.3) is 11.0 Å². The number of fused-ring (bicyclic) bond motifs is 1. The summed E-state index contributed by atoms with van der Waals surface area (Å²) in [6.45, 7) is 11.5. The molecule has 4 heteroatoms. The van der Waals surface area contributed by atoms with Crippen LogP contribution in [0.5, 0.6) is 0 Å². The molecule has 0 aliphatic rings. The van der Waals surface area contributed by atoms with Crippen LogP contribution in [-0.2, 0) is 0 Å². The summed E-state index contributed by atoms with van der Waals surface area (Å²) in [5.41, 5.74) is 2.58. The maximum Gasteiger partial charge on any atom is 0.155 e. The second-order valence-electron chi connectivity index (χ2n) is 6.84. The van der Waals surface area contributed by atoms with E-state index >= 15 is 0 Å². The Hall–Kier alpha value is -0.955. The van der Waals surface area contributed by atoms with Crippen LogP contribution in [0.15, 0.2) is 18.5 Å². The SMILES string of the molecule is CC(C)(C)C(C)(C)C[B]c1c[nH]c2ncc(Cl)cc12. The number of nitrogens with one attached hydrogen (secondary N) is 1. The van der Waals surface area contributed by atoms with Gasteiger partial charge in [-0.1, -0.05) is 58.0 Å². The van der Waals surface area contributed by atoms with Gasteiger partial charge < -0.3 is 4.98 Å². The van der Waals surface area contributed by atoms with Gasteiger partial charge >= 0.3 is 0 Å². The van der Waals surface area contributed by atoms with E-state index in [9.17, 15) is 0 Å². The largest absolute Gasteiger partial charge is 0.347 e. The van der Waals surface area contributed by atoms with Gasteiger partial charge in [-0.2, -0.15) is 0 Å². The van der Waals surface area contributed by atoms with Gasteiger partial charge in [0.05, 0.1) is 5.02 Å². The zero-order valence-corrected chi connectivity index (χ0v) is 13.1. The quantitative estimate of drug-likeness (QED) is 0.842. The highest BCUT2D eigenvalue weighted by atomic mass is 35.5. The highest BCUT2D eigenvalue weighted by molar-refractivity contribution is 6.57. The van der Waals surface area contributed by atoms with E-state index in [4.69, 9.17) is 11.6 Å². The van der Waals surface area contributed by atoms with Crippen LogP contribution in [0.2, 0.25) is 11.3 Å². The third-order valence-electron chi connectivity index (χ3n) is 4.39. The first-order valence-electron chi connectivity index (χ1n) is 6.66. The summed E-state index contributed by atoms with van der Waals surface area (Å²) < 4.78 is 0. The van der Waals surface area contributed by atoms with Crippen molar-refractivity contribution in [1.82, 2.24) is 9.97 Å². The Morgan fingerprint density at radius 2 is 1.95 bits per heavy atom. The minimum Gasteiger partial charge on any atom is -0.347 e. The molecule has 1 N–H and O–H groups in total. The molecule has 0 aliphatic heterocycles. The topological polar surface area (TPSA) is 28.7 Å². The Balaban J connectivity index is 2.21. The number of hydrogen-bond acceptors (Lipinski definition) is 1. The van der Waals surface area contributed by atoms with Crippen molar-refractivity contribution in [2.24, 2.45) is 10.8 Å². The van der Waals surface area contributed by atoms with Crippen LogP contribution in [0.4, 0.5) is 0 Å². The Morgan fingerprint density at radius 1 is 1.26 bits per heavy atom. The van der Waals surface area contributed by atoms with Gasteiger partial charge in [0.2, 0.25) is 0 Å². The van der Waals surface area contributed by atoms with Gasteiger partial charge in [-0.3, -0.25) is 0 Å². The Bertz CT molecular complexity index is 581. The molecule has 0 aromatic carbocycles. The standard InChI is InChI=1S/C15H21BClN2/c1-14(2,3)15(4,5)9-16-12-8-19-13-11(12)6-10(17)7-18-13/h6-8H,9H2,1-5H3,(H,18,19). The van der Waals surface area contributed by atoms with Crippen LogP contribution < -0.4 is 5.46 Å². The summed E-state index contributed by atoms with van der Waals surface area (Å²) in [7, 11) is 2.28. The molecule has 0 aliphatic carbocycles. The van der Waals surface area contributed by atoms with Gasteiger partial charge in [0.25, 0.3) is 0 Å². The molecule has 2 heterocycles. The Morgan fingerprint density at radius 3 is 2.58 bits per heavy atom. The average Bonchev–Trinajstić information content (AvgIpc) is 2.67. The van der Waals surface area contributed by atoms with Gasteiger partial charge in [-0.15, -0.1) is 0 Å². The number of aromatic amines is 1. The summed E-state index contributed by atoms with van der Waals surface area (Å²) >= 11 is 6.02. The fourth-order valence-corrected chi connectivity index (χ4v) is 2.00. The molecule has 0 unspecified atom stereocenters. The van der Waals surface area contributed by atoms with Crippen LogP contribution in [-0.4, -0.2) is 17.2 Å². The summed E-state index contributed by atoms with van der Waals surface area (Å²) in [4.78, 5) is 7.48. The minimum atomic E-state index is 0.239. The third kappa shape index (κ3) is 2.97. The minimum absolute atomic E-state index is 0.239. The van der Waals surface area contributed by atoms with Gasteiger partial charge in [0.15, 0.2) is 7.28 Å². The fourth-order valence-electron chi connectivity index (χ4n) is 1.84. The summed E-state index contributed by atoms with van der Waals surface area (Å²) in [6, 6.07) is 1.97. The molecule has 0 atom stereocenters. The number of H-pyrrole nitrogens is 1. The average molecular weight is 276 g/mol. The molecule has 0 amide bonds. The van der Waals surface area contributed by atoms with Crippen molar-refractivity contribution >= 4 is 35.4 Å². The van der Waals surface area contributed by atoms with Crippen molar-refractivity contribution in [3.05, 3.63) is 23.5 Å². The van der Waals surface area contributed by atoms with Crippen molar-refractivity contribution in [1.29, 1.82) is 0 Å². The first kappa shape index (κ1) is 14.5. The van der Waals surface area contributed by atoms with Crippen molar-refractivity contribution in [3.63, 3.8) is 0 Å². The number of aromatic nitrogens is 2. The van der Waals surface area contributed by atoms with E-state index in [0.717, 1.165) is 17.4 Å². The molecule has 19 heavy (non-hydrogen) atoms. The molecule has 2 rings (SSSR count). The summed E-state index contributed by atoms with van der Waals surface area (Å²) in [6.07, 6.45) is 4.70. The molecular weight excluding hydrogens is 254 g/mol. The van der Waals surface area contributed by atoms with Crippen molar-refractivity contribution in [2.75, 3.05) is 0 Å². The van der Waals surface area contributed by atoms with Crippen molar-refractivity contribution in [2.45, 2.75) is 40.9 Å². The maximum atomic E-state index is 6.02. The predicted molar refractivity (Wildman–Crippen MR) is 84.5 cm³/mol. The Labute approximate surface area is 121 Å². The third-order valence-corrected chi connectivity index (χ3v) is 4.60. The normalized spacial score (nSPS) is 12.9. The van der Waals surface area contributed by atoms with Crippen LogP contribution >= 0.6 is 11.6 Å². The van der Waals surface area contributed by atoms with Gasteiger partial charge in [-0.25, -0.2) is 4.98 Å². The molecular formula is C15H21BClN2. The molecule has 101 valence electrons. The van der Waals surface area contributed by atoms with Gasteiger partial charge in [0, 0.05) is 11.6 Å². The van der Waals surface area contributed by atoms with E-state index in [-0.39, 0.29) is 10.8 Å². The van der Waals surface area contributed by atoms with Crippen molar-refractivity contribution < 1.29 is 0 Å². The highest BCUT2D eigenvalue weighted by Crippen LogP contribution is 2.40. The van der Waals surface area contributed by atoms with Crippen LogP contribution in [0.3, 0.4) is 0 Å². The second-order valence-corrected chi connectivity index (χ2v) is 7.27. The zero-order valence-electron chi connectivity index (χ0n) is 12.3. The number of nitrogens with zero attached hydrogens (tertiary/aromatic N) is 1. The monoisotopic (exact) mass is 275 g/mol. The van der Waals surface area contributed by atoms with Gasteiger partial charge in [0.1, 0.15) is 5.65 Å². The first-order chi connectivity index (χ1) is 8.71. The number of hydrogen-bond donors (Lipinski definition) is 1. The second kappa shape index (κ2) is 4.86.